The van der Waals surface area contributed by atoms with Crippen molar-refractivity contribution in [2.24, 2.45) is 0 Å². The van der Waals surface area contributed by atoms with Gasteiger partial charge in [-0.15, -0.1) is 11.3 Å². The standard InChI is InChI=1S/C14H22N2OS/c1-12-6-9-18-13(12)10-15(2)11-14(17)16-7-4-3-5-8-16/h6,9H,3-5,7-8,10-11H2,1-2H3. The van der Waals surface area contributed by atoms with Crippen molar-refractivity contribution in [3.8, 4) is 0 Å². The van der Waals surface area contributed by atoms with Gasteiger partial charge in [0.1, 0.15) is 0 Å². The van der Waals surface area contributed by atoms with Crippen LogP contribution in [0.15, 0.2) is 11.4 Å². The molecule has 0 atom stereocenters. The summed E-state index contributed by atoms with van der Waals surface area (Å²) in [6.07, 6.45) is 3.60. The van der Waals surface area contributed by atoms with E-state index in [4.69, 9.17) is 0 Å². The van der Waals surface area contributed by atoms with Gasteiger partial charge in [-0.25, -0.2) is 0 Å². The molecule has 0 bridgehead atoms. The second-order valence-corrected chi connectivity index (χ2v) is 6.14. The molecule has 1 fully saturated rings. The van der Waals surface area contributed by atoms with E-state index in [0.29, 0.717) is 6.54 Å². The van der Waals surface area contributed by atoms with Crippen molar-refractivity contribution < 1.29 is 4.79 Å². The number of nitrogens with zero attached hydrogens (tertiary/aromatic N) is 2. The summed E-state index contributed by atoms with van der Waals surface area (Å²) in [5, 5.41) is 2.12. The van der Waals surface area contributed by atoms with E-state index < -0.39 is 0 Å². The molecule has 1 aromatic heterocycles. The van der Waals surface area contributed by atoms with Crippen LogP contribution in [0, 0.1) is 6.92 Å². The summed E-state index contributed by atoms with van der Waals surface area (Å²) < 4.78 is 0. The number of likely N-dealkylation sites (tertiary alicyclic amines) is 1. The molecule has 3 nitrogen and oxygen atoms in total. The number of aryl methyl sites for hydroxylation is 1. The molecular formula is C14H22N2OS. The molecule has 18 heavy (non-hydrogen) atoms. The highest BCUT2D eigenvalue weighted by Crippen LogP contribution is 2.17. The quantitative estimate of drug-likeness (QED) is 0.836. The van der Waals surface area contributed by atoms with E-state index in [1.807, 2.05) is 11.9 Å². The Kier molecular flexibility index (Phi) is 4.78. The molecule has 2 heterocycles. The van der Waals surface area contributed by atoms with Crippen molar-refractivity contribution in [3.05, 3.63) is 21.9 Å². The normalized spacial score (nSPS) is 16.3. The fourth-order valence-electron chi connectivity index (χ4n) is 2.34. The number of amides is 1. The zero-order valence-corrected chi connectivity index (χ0v) is 12.1. The first-order chi connectivity index (χ1) is 8.66. The molecule has 0 N–H and O–H groups in total. The van der Waals surface area contributed by atoms with Gasteiger partial charge in [0, 0.05) is 24.5 Å². The SMILES string of the molecule is Cc1ccsc1CN(C)CC(=O)N1CCCCC1. The lowest BCUT2D eigenvalue weighted by Crippen LogP contribution is -2.41. The van der Waals surface area contributed by atoms with Gasteiger partial charge < -0.3 is 4.90 Å². The van der Waals surface area contributed by atoms with Gasteiger partial charge in [0.05, 0.1) is 6.54 Å². The first-order valence-corrected chi connectivity index (χ1v) is 7.54. The van der Waals surface area contributed by atoms with Crippen molar-refractivity contribution in [2.45, 2.75) is 32.7 Å². The highest BCUT2D eigenvalue weighted by Gasteiger charge is 2.18. The molecule has 1 saturated heterocycles. The summed E-state index contributed by atoms with van der Waals surface area (Å²) in [5.74, 6) is 0.284. The summed E-state index contributed by atoms with van der Waals surface area (Å²) in [6.45, 7) is 5.45. The maximum atomic E-state index is 12.1. The molecule has 0 spiro atoms. The number of carbonyl (C=O) groups is 1. The van der Waals surface area contributed by atoms with Gasteiger partial charge in [0.15, 0.2) is 0 Å². The maximum Gasteiger partial charge on any atom is 0.236 e. The van der Waals surface area contributed by atoms with Crippen LogP contribution in [-0.2, 0) is 11.3 Å². The second-order valence-electron chi connectivity index (χ2n) is 5.14. The van der Waals surface area contributed by atoms with Crippen LogP contribution in [0.1, 0.15) is 29.7 Å². The molecule has 1 aliphatic rings. The Labute approximate surface area is 113 Å². The smallest absolute Gasteiger partial charge is 0.236 e. The Hall–Kier alpha value is -0.870. The van der Waals surface area contributed by atoms with Crippen molar-refractivity contribution >= 4 is 17.2 Å². The number of piperidine rings is 1. The van der Waals surface area contributed by atoms with E-state index >= 15 is 0 Å². The first kappa shape index (κ1) is 13.6. The van der Waals surface area contributed by atoms with Crippen molar-refractivity contribution in [3.63, 3.8) is 0 Å². The lowest BCUT2D eigenvalue weighted by Gasteiger charge is -2.28. The topological polar surface area (TPSA) is 23.6 Å². The van der Waals surface area contributed by atoms with Gasteiger partial charge in [-0.1, -0.05) is 0 Å². The van der Waals surface area contributed by atoms with Crippen molar-refractivity contribution in [1.82, 2.24) is 9.80 Å². The number of hydrogen-bond donors (Lipinski definition) is 0. The van der Waals surface area contributed by atoms with E-state index in [9.17, 15) is 4.79 Å². The predicted molar refractivity (Wildman–Crippen MR) is 75.8 cm³/mol. The molecule has 0 radical (unpaired) electrons. The highest BCUT2D eigenvalue weighted by molar-refractivity contribution is 7.10. The van der Waals surface area contributed by atoms with Crippen LogP contribution in [0.25, 0.3) is 0 Å². The molecular weight excluding hydrogens is 244 g/mol. The lowest BCUT2D eigenvalue weighted by atomic mass is 10.1. The summed E-state index contributed by atoms with van der Waals surface area (Å²) >= 11 is 1.77. The Morgan fingerprint density at radius 2 is 2.11 bits per heavy atom. The number of hydrogen-bond acceptors (Lipinski definition) is 3. The Bertz CT molecular complexity index is 396. The van der Waals surface area contributed by atoms with Gasteiger partial charge in [-0.05, 0) is 50.2 Å². The molecule has 0 aromatic carbocycles. The van der Waals surface area contributed by atoms with Crippen LogP contribution in [0.5, 0.6) is 0 Å². The van der Waals surface area contributed by atoms with Gasteiger partial charge in [-0.2, -0.15) is 0 Å². The third kappa shape index (κ3) is 3.56. The van der Waals surface area contributed by atoms with Gasteiger partial charge in [0.2, 0.25) is 5.91 Å². The monoisotopic (exact) mass is 266 g/mol. The van der Waals surface area contributed by atoms with Gasteiger partial charge in [0.25, 0.3) is 0 Å². The average molecular weight is 266 g/mol. The Morgan fingerprint density at radius 1 is 1.39 bits per heavy atom. The Balaban J connectivity index is 1.81. The van der Waals surface area contributed by atoms with Crippen LogP contribution in [0.3, 0.4) is 0 Å². The highest BCUT2D eigenvalue weighted by atomic mass is 32.1. The molecule has 100 valence electrons. The lowest BCUT2D eigenvalue weighted by molar-refractivity contribution is -0.133. The second kappa shape index (κ2) is 6.34. The fourth-order valence-corrected chi connectivity index (χ4v) is 3.33. The number of likely N-dealkylation sites (N-methyl/N-ethyl adjacent to an activating group) is 1. The molecule has 0 aliphatic carbocycles. The molecule has 1 aliphatic heterocycles. The van der Waals surface area contributed by atoms with Crippen LogP contribution < -0.4 is 0 Å². The number of carbonyl (C=O) groups excluding carboxylic acids is 1. The largest absolute Gasteiger partial charge is 0.342 e. The minimum absolute atomic E-state index is 0.284. The van der Waals surface area contributed by atoms with Crippen LogP contribution >= 0.6 is 11.3 Å². The van der Waals surface area contributed by atoms with E-state index in [-0.39, 0.29) is 5.91 Å². The minimum atomic E-state index is 0.284. The van der Waals surface area contributed by atoms with Crippen LogP contribution in [-0.4, -0.2) is 42.4 Å². The van der Waals surface area contributed by atoms with Gasteiger partial charge in [-0.3, -0.25) is 9.69 Å². The van der Waals surface area contributed by atoms with E-state index in [1.54, 1.807) is 11.3 Å². The van der Waals surface area contributed by atoms with E-state index in [0.717, 1.165) is 19.6 Å². The molecule has 0 unspecified atom stereocenters. The summed E-state index contributed by atoms with van der Waals surface area (Å²) in [4.78, 5) is 17.6. The Morgan fingerprint density at radius 3 is 2.72 bits per heavy atom. The van der Waals surface area contributed by atoms with E-state index in [1.165, 1.54) is 29.7 Å². The molecule has 2 rings (SSSR count). The van der Waals surface area contributed by atoms with Crippen LogP contribution in [0.4, 0.5) is 0 Å². The van der Waals surface area contributed by atoms with Gasteiger partial charge >= 0.3 is 0 Å². The third-order valence-electron chi connectivity index (χ3n) is 3.50. The summed E-state index contributed by atoms with van der Waals surface area (Å²) in [6, 6.07) is 2.14. The average Bonchev–Trinajstić information content (AvgIpc) is 2.76. The zero-order valence-electron chi connectivity index (χ0n) is 11.3. The van der Waals surface area contributed by atoms with Crippen molar-refractivity contribution in [1.29, 1.82) is 0 Å². The third-order valence-corrected chi connectivity index (χ3v) is 4.50. The zero-order chi connectivity index (χ0) is 13.0. The van der Waals surface area contributed by atoms with Crippen molar-refractivity contribution in [2.75, 3.05) is 26.7 Å². The minimum Gasteiger partial charge on any atom is -0.342 e. The number of rotatable bonds is 4. The molecule has 1 aromatic rings. The first-order valence-electron chi connectivity index (χ1n) is 6.66. The number of thiophene rings is 1. The van der Waals surface area contributed by atoms with E-state index in [2.05, 4.69) is 23.3 Å². The fraction of sp³-hybridized carbons (Fsp3) is 0.643. The van der Waals surface area contributed by atoms with Crippen LogP contribution in [0.2, 0.25) is 0 Å². The molecule has 1 amide bonds. The summed E-state index contributed by atoms with van der Waals surface area (Å²) in [7, 11) is 2.03. The predicted octanol–water partition coefficient (Wildman–Crippen LogP) is 2.50. The maximum absolute atomic E-state index is 12.1. The molecule has 0 saturated carbocycles. The summed E-state index contributed by atoms with van der Waals surface area (Å²) in [5.41, 5.74) is 1.33. The molecule has 4 heteroatoms.